The van der Waals surface area contributed by atoms with Gasteiger partial charge in [0.15, 0.2) is 0 Å². The summed E-state index contributed by atoms with van der Waals surface area (Å²) in [5.41, 5.74) is 0. The van der Waals surface area contributed by atoms with E-state index < -0.39 is 0 Å². The van der Waals surface area contributed by atoms with Crippen LogP contribution in [0.1, 0.15) is 25.7 Å². The second kappa shape index (κ2) is 4.82. The minimum atomic E-state index is 0. The molecule has 2 fully saturated rings. The van der Waals surface area contributed by atoms with Crippen LogP contribution in [0.3, 0.4) is 0 Å². The van der Waals surface area contributed by atoms with Gasteiger partial charge in [-0.15, -0.1) is 12.4 Å². The first-order valence-electron chi connectivity index (χ1n) is 4.88. The lowest BCUT2D eigenvalue weighted by Gasteiger charge is -2.31. The van der Waals surface area contributed by atoms with Crippen molar-refractivity contribution in [3.63, 3.8) is 0 Å². The number of nitrogens with zero attached hydrogens (tertiary/aromatic N) is 1. The predicted molar refractivity (Wildman–Crippen MR) is 54.1 cm³/mol. The average molecular weight is 205 g/mol. The number of piperidine rings is 1. The zero-order chi connectivity index (χ0) is 8.39. The van der Waals surface area contributed by atoms with E-state index in [9.17, 15) is 4.79 Å². The van der Waals surface area contributed by atoms with Crippen molar-refractivity contribution in [2.24, 2.45) is 0 Å². The van der Waals surface area contributed by atoms with Crippen LogP contribution < -0.4 is 5.32 Å². The van der Waals surface area contributed by atoms with Gasteiger partial charge in [-0.1, -0.05) is 0 Å². The van der Waals surface area contributed by atoms with E-state index in [4.69, 9.17) is 0 Å². The van der Waals surface area contributed by atoms with Crippen molar-refractivity contribution in [1.29, 1.82) is 0 Å². The Hall–Kier alpha value is -0.280. The van der Waals surface area contributed by atoms with E-state index in [-0.39, 0.29) is 12.4 Å². The first kappa shape index (κ1) is 10.8. The molecular formula is C9H17ClN2O. The maximum Gasteiger partial charge on any atom is 0.222 e. The Kier molecular flexibility index (Phi) is 4.00. The smallest absolute Gasteiger partial charge is 0.222 e. The molecule has 13 heavy (non-hydrogen) atoms. The fourth-order valence-corrected chi connectivity index (χ4v) is 2.17. The molecule has 0 saturated carbocycles. The summed E-state index contributed by atoms with van der Waals surface area (Å²) in [6.45, 7) is 3.16. The van der Waals surface area contributed by atoms with Crippen molar-refractivity contribution in [3.05, 3.63) is 0 Å². The molecule has 0 aromatic carbocycles. The van der Waals surface area contributed by atoms with Crippen LogP contribution in [-0.4, -0.2) is 36.5 Å². The lowest BCUT2D eigenvalue weighted by atomic mass is 10.1. The molecule has 0 aromatic heterocycles. The average Bonchev–Trinajstić information content (AvgIpc) is 2.53. The topological polar surface area (TPSA) is 32.3 Å². The van der Waals surface area contributed by atoms with Crippen molar-refractivity contribution in [1.82, 2.24) is 10.2 Å². The molecular weight excluding hydrogens is 188 g/mol. The van der Waals surface area contributed by atoms with Crippen LogP contribution in [0.5, 0.6) is 0 Å². The van der Waals surface area contributed by atoms with E-state index >= 15 is 0 Å². The van der Waals surface area contributed by atoms with Gasteiger partial charge in [0.2, 0.25) is 5.91 Å². The van der Waals surface area contributed by atoms with Gasteiger partial charge in [-0.25, -0.2) is 0 Å². The zero-order valence-corrected chi connectivity index (χ0v) is 8.61. The molecule has 4 heteroatoms. The summed E-state index contributed by atoms with van der Waals surface area (Å²) < 4.78 is 0. The quantitative estimate of drug-likeness (QED) is 0.685. The summed E-state index contributed by atoms with van der Waals surface area (Å²) in [5, 5.41) is 3.32. The lowest BCUT2D eigenvalue weighted by Crippen LogP contribution is -2.43. The van der Waals surface area contributed by atoms with Crippen LogP contribution in [0.2, 0.25) is 0 Å². The number of amides is 1. The molecule has 0 radical (unpaired) electrons. The molecule has 0 unspecified atom stereocenters. The molecule has 2 rings (SSSR count). The summed E-state index contributed by atoms with van der Waals surface area (Å²) in [4.78, 5) is 13.5. The summed E-state index contributed by atoms with van der Waals surface area (Å²) in [5.74, 6) is 0.377. The van der Waals surface area contributed by atoms with Gasteiger partial charge in [-0.3, -0.25) is 4.79 Å². The molecule has 2 heterocycles. The van der Waals surface area contributed by atoms with E-state index in [0.29, 0.717) is 11.9 Å². The van der Waals surface area contributed by atoms with Gasteiger partial charge in [0.1, 0.15) is 0 Å². The number of rotatable bonds is 1. The molecule has 0 aromatic rings. The SMILES string of the molecule is Cl.O=C1CCCN1C1CCNCC1. The first-order valence-corrected chi connectivity index (χ1v) is 4.88. The van der Waals surface area contributed by atoms with Crippen molar-refractivity contribution < 1.29 is 4.79 Å². The van der Waals surface area contributed by atoms with E-state index in [0.717, 1.165) is 45.3 Å². The Morgan fingerprint density at radius 3 is 2.54 bits per heavy atom. The van der Waals surface area contributed by atoms with Gasteiger partial charge >= 0.3 is 0 Å². The molecule has 76 valence electrons. The number of hydrogen-bond donors (Lipinski definition) is 1. The minimum absolute atomic E-state index is 0. The Labute approximate surface area is 85.3 Å². The molecule has 1 N–H and O–H groups in total. The van der Waals surface area contributed by atoms with Crippen LogP contribution in [0.4, 0.5) is 0 Å². The first-order chi connectivity index (χ1) is 5.88. The Balaban J connectivity index is 0.000000845. The summed E-state index contributed by atoms with van der Waals surface area (Å²) in [6, 6.07) is 0.543. The number of halogens is 1. The third-order valence-corrected chi connectivity index (χ3v) is 2.86. The van der Waals surface area contributed by atoms with Crippen LogP contribution in [-0.2, 0) is 4.79 Å². The van der Waals surface area contributed by atoms with E-state index in [1.165, 1.54) is 0 Å². The highest BCUT2D eigenvalue weighted by Gasteiger charge is 2.28. The monoisotopic (exact) mass is 204 g/mol. The Morgan fingerprint density at radius 1 is 1.31 bits per heavy atom. The molecule has 0 spiro atoms. The standard InChI is InChI=1S/C9H16N2O.ClH/c12-9-2-1-7-11(9)8-3-5-10-6-4-8;/h8,10H,1-7H2;1H. The van der Waals surface area contributed by atoms with Gasteiger partial charge in [0.25, 0.3) is 0 Å². The molecule has 3 nitrogen and oxygen atoms in total. The number of likely N-dealkylation sites (tertiary alicyclic amines) is 1. The van der Waals surface area contributed by atoms with Gasteiger partial charge in [0.05, 0.1) is 0 Å². The zero-order valence-electron chi connectivity index (χ0n) is 7.79. The fraction of sp³-hybridized carbons (Fsp3) is 0.889. The maximum atomic E-state index is 11.4. The number of carbonyl (C=O) groups is 1. The molecule has 0 atom stereocenters. The third-order valence-electron chi connectivity index (χ3n) is 2.86. The van der Waals surface area contributed by atoms with Gasteiger partial charge in [0, 0.05) is 19.0 Å². The molecule has 2 aliphatic rings. The van der Waals surface area contributed by atoms with E-state index in [1.54, 1.807) is 0 Å². The molecule has 2 saturated heterocycles. The molecule has 0 aliphatic carbocycles. The number of nitrogens with one attached hydrogen (secondary N) is 1. The van der Waals surface area contributed by atoms with Crippen molar-refractivity contribution in [3.8, 4) is 0 Å². The largest absolute Gasteiger partial charge is 0.340 e. The summed E-state index contributed by atoms with van der Waals surface area (Å²) in [7, 11) is 0. The van der Waals surface area contributed by atoms with Gasteiger partial charge in [-0.2, -0.15) is 0 Å². The summed E-state index contributed by atoms with van der Waals surface area (Å²) in [6.07, 6.45) is 4.14. The Bertz CT molecular complexity index is 180. The summed E-state index contributed by atoms with van der Waals surface area (Å²) >= 11 is 0. The van der Waals surface area contributed by atoms with Crippen LogP contribution in [0, 0.1) is 0 Å². The predicted octanol–water partition coefficient (Wildman–Crippen LogP) is 0.783. The van der Waals surface area contributed by atoms with Crippen molar-refractivity contribution in [2.45, 2.75) is 31.7 Å². The van der Waals surface area contributed by atoms with Crippen LogP contribution in [0.25, 0.3) is 0 Å². The maximum absolute atomic E-state index is 11.4. The van der Waals surface area contributed by atoms with Crippen LogP contribution >= 0.6 is 12.4 Å². The number of carbonyl (C=O) groups excluding carboxylic acids is 1. The third kappa shape index (κ3) is 2.35. The highest BCUT2D eigenvalue weighted by atomic mass is 35.5. The van der Waals surface area contributed by atoms with Crippen molar-refractivity contribution in [2.75, 3.05) is 19.6 Å². The highest BCUT2D eigenvalue weighted by molar-refractivity contribution is 5.85. The Morgan fingerprint density at radius 2 is 2.00 bits per heavy atom. The van der Waals surface area contributed by atoms with E-state index in [1.807, 2.05) is 0 Å². The lowest BCUT2D eigenvalue weighted by molar-refractivity contribution is -0.130. The van der Waals surface area contributed by atoms with Crippen molar-refractivity contribution >= 4 is 18.3 Å². The van der Waals surface area contributed by atoms with Gasteiger partial charge in [-0.05, 0) is 32.4 Å². The fourth-order valence-electron chi connectivity index (χ4n) is 2.17. The molecule has 0 bridgehead atoms. The van der Waals surface area contributed by atoms with Gasteiger partial charge < -0.3 is 10.2 Å². The minimum Gasteiger partial charge on any atom is -0.340 e. The molecule has 1 amide bonds. The normalized spacial score (nSPS) is 24.6. The second-order valence-electron chi connectivity index (χ2n) is 3.67. The second-order valence-corrected chi connectivity index (χ2v) is 3.67. The molecule has 2 aliphatic heterocycles. The van der Waals surface area contributed by atoms with Crippen LogP contribution in [0.15, 0.2) is 0 Å². The number of hydrogen-bond acceptors (Lipinski definition) is 2. The highest BCUT2D eigenvalue weighted by Crippen LogP contribution is 2.18. The van der Waals surface area contributed by atoms with E-state index in [2.05, 4.69) is 10.2 Å².